The lowest BCUT2D eigenvalue weighted by Crippen LogP contribution is -2.75. The van der Waals surface area contributed by atoms with E-state index < -0.39 is 148 Å². The van der Waals surface area contributed by atoms with Crippen molar-refractivity contribution in [3.05, 3.63) is 35.9 Å². The summed E-state index contributed by atoms with van der Waals surface area (Å²) in [4.78, 5) is 111. The highest BCUT2D eigenvalue weighted by atomic mass is 16.6. The molecule has 0 radical (unpaired) electrons. The maximum Gasteiger partial charge on any atom is 0.338 e. The Labute approximate surface area is 348 Å². The number of hydrogen-bond acceptors (Lipinski definition) is 16. The number of ketones is 1. The maximum absolute atomic E-state index is 15.8. The number of rotatable bonds is 11. The Hall–Kier alpha value is -4.86. The van der Waals surface area contributed by atoms with Crippen LogP contribution in [-0.4, -0.2) is 101 Å². The highest BCUT2D eigenvalue weighted by Gasteiger charge is 2.88. The van der Waals surface area contributed by atoms with Gasteiger partial charge in [0.05, 0.1) is 35.3 Å². The molecule has 5 fully saturated rings. The van der Waals surface area contributed by atoms with E-state index in [1.807, 2.05) is 0 Å². The fraction of sp³-hybridized carbons (Fsp3) is 0.682. The van der Waals surface area contributed by atoms with Crippen LogP contribution in [0.4, 0.5) is 0 Å². The summed E-state index contributed by atoms with van der Waals surface area (Å²) >= 11 is 0. The van der Waals surface area contributed by atoms with Crippen molar-refractivity contribution in [3.8, 4) is 0 Å². The van der Waals surface area contributed by atoms with Gasteiger partial charge in [-0.2, -0.15) is 0 Å². The first-order chi connectivity index (χ1) is 27.9. The SMILES string of the molecule is CCC(C)C(=O)O[C@H]1C(=O)[C@@]23CO[C@](C)([C@H](OC(C)=O)[C@@]4(OC(C)=O)C[C@](C)(OC(=O)c5ccccc5)[C@H](OC(=O)C(C)C)[C@@H]4[C@H]2OC(C)=O)[C@@H]3[C@@H]2[C@H]1C[C@]2(C)OC(C)=O. The Balaban J connectivity index is 1.71. The predicted octanol–water partition coefficient (Wildman–Crippen LogP) is 4.26. The molecule has 1 aromatic rings. The molecular weight excluding hydrogens is 784 g/mol. The number of fused-ring (bicyclic) bond motifs is 2. The lowest BCUT2D eigenvalue weighted by Gasteiger charge is -2.64. The Morgan fingerprint density at radius 3 is 1.90 bits per heavy atom. The minimum atomic E-state index is -2.23. The Bertz CT molecular complexity index is 1960. The van der Waals surface area contributed by atoms with E-state index in [-0.39, 0.29) is 12.0 Å². The zero-order valence-corrected chi connectivity index (χ0v) is 36.0. The number of carbonyl (C=O) groups is 8. The minimum absolute atomic E-state index is 0.0845. The van der Waals surface area contributed by atoms with Crippen molar-refractivity contribution >= 4 is 47.6 Å². The summed E-state index contributed by atoms with van der Waals surface area (Å²) in [6.07, 6.45) is -6.64. The summed E-state index contributed by atoms with van der Waals surface area (Å²) in [5.74, 6) is -12.1. The molecule has 0 N–H and O–H groups in total. The standard InChI is InChI=1S/C44H56O16/c1-12-22(4)37(51)56-31-28-18-40(9,58-25(7)47)29(28)32-42(11)39(55-24(6)46)44(59-26(8)48)19-41(10,60-38(52)27-16-14-13-15-17-27)34(57-36(50)21(2)3)30(44)35(54-23(5)45)43(32,20-53-42)33(31)49/h13-17,21-22,28-32,34-35,39H,12,18-20H2,1-11H3/t22?,28-,29+,30-,31-,32+,34-,35-,39+,40+,41+,42+,43+,44-/m1/s1. The highest BCUT2D eigenvalue weighted by Crippen LogP contribution is 2.73. The molecule has 5 aliphatic rings. The lowest BCUT2D eigenvalue weighted by molar-refractivity contribution is -0.262. The van der Waals surface area contributed by atoms with Crippen LogP contribution in [-0.2, 0) is 71.5 Å². The van der Waals surface area contributed by atoms with Crippen molar-refractivity contribution in [2.24, 2.45) is 40.9 Å². The third-order valence-electron chi connectivity index (χ3n) is 13.6. The minimum Gasteiger partial charge on any atom is -0.461 e. The van der Waals surface area contributed by atoms with Crippen molar-refractivity contribution in [3.63, 3.8) is 0 Å². The fourth-order valence-corrected chi connectivity index (χ4v) is 11.3. The zero-order valence-electron chi connectivity index (χ0n) is 36.0. The van der Waals surface area contributed by atoms with E-state index in [9.17, 15) is 33.6 Å². The average Bonchev–Trinajstić information content (AvgIpc) is 3.56. The molecule has 0 spiro atoms. The maximum atomic E-state index is 15.8. The number of ether oxygens (including phenoxy) is 8. The third-order valence-corrected chi connectivity index (χ3v) is 13.6. The molecular formula is C44H56O16. The van der Waals surface area contributed by atoms with Crippen LogP contribution in [0.5, 0.6) is 0 Å². The van der Waals surface area contributed by atoms with Gasteiger partial charge in [0, 0.05) is 51.9 Å². The molecule has 2 bridgehead atoms. The molecule has 60 heavy (non-hydrogen) atoms. The van der Waals surface area contributed by atoms with Crippen LogP contribution in [0, 0.1) is 40.9 Å². The topological polar surface area (TPSA) is 210 Å². The van der Waals surface area contributed by atoms with Crippen LogP contribution in [0.3, 0.4) is 0 Å². The van der Waals surface area contributed by atoms with Gasteiger partial charge in [0.25, 0.3) is 0 Å². The highest BCUT2D eigenvalue weighted by molar-refractivity contribution is 5.95. The van der Waals surface area contributed by atoms with Gasteiger partial charge in [0.15, 0.2) is 35.3 Å². The molecule has 1 heterocycles. The predicted molar refractivity (Wildman–Crippen MR) is 205 cm³/mol. The molecule has 1 saturated heterocycles. The molecule has 0 aromatic heterocycles. The van der Waals surface area contributed by atoms with Crippen LogP contribution in [0.2, 0.25) is 0 Å². The Morgan fingerprint density at radius 2 is 1.35 bits per heavy atom. The molecule has 16 nitrogen and oxygen atoms in total. The summed E-state index contributed by atoms with van der Waals surface area (Å²) in [7, 11) is 0. The number of hydrogen-bond donors (Lipinski definition) is 0. The zero-order chi connectivity index (χ0) is 44.5. The molecule has 4 saturated carbocycles. The van der Waals surface area contributed by atoms with E-state index in [1.54, 1.807) is 59.7 Å². The second kappa shape index (κ2) is 15.6. The number of Topliss-reactive ketones (excluding diaryl/α,β-unsaturated/α-hetero) is 1. The van der Waals surface area contributed by atoms with E-state index in [0.717, 1.165) is 20.8 Å². The summed E-state index contributed by atoms with van der Waals surface area (Å²) in [5.41, 5.74) is -9.28. The van der Waals surface area contributed by atoms with E-state index >= 15 is 4.79 Å². The number of carbonyl (C=O) groups excluding carboxylic acids is 8. The van der Waals surface area contributed by atoms with Crippen LogP contribution < -0.4 is 0 Å². The van der Waals surface area contributed by atoms with E-state index in [1.165, 1.54) is 26.0 Å². The van der Waals surface area contributed by atoms with Gasteiger partial charge in [0.1, 0.15) is 17.3 Å². The van der Waals surface area contributed by atoms with Crippen molar-refractivity contribution in [1.29, 1.82) is 0 Å². The summed E-state index contributed by atoms with van der Waals surface area (Å²) in [5, 5.41) is 0. The second-order valence-electron chi connectivity index (χ2n) is 18.2. The third kappa shape index (κ3) is 6.95. The van der Waals surface area contributed by atoms with E-state index in [4.69, 9.17) is 37.9 Å². The van der Waals surface area contributed by atoms with E-state index in [2.05, 4.69) is 0 Å². The second-order valence-corrected chi connectivity index (χ2v) is 18.2. The molecule has 14 atom stereocenters. The molecule has 16 heteroatoms. The first-order valence-corrected chi connectivity index (χ1v) is 20.5. The Morgan fingerprint density at radius 1 is 0.733 bits per heavy atom. The molecule has 4 aliphatic carbocycles. The van der Waals surface area contributed by atoms with Crippen LogP contribution in [0.25, 0.3) is 0 Å². The van der Waals surface area contributed by atoms with Gasteiger partial charge in [-0.15, -0.1) is 0 Å². The fourth-order valence-electron chi connectivity index (χ4n) is 11.3. The quantitative estimate of drug-likeness (QED) is 0.225. The Kier molecular flexibility index (Phi) is 11.6. The van der Waals surface area contributed by atoms with Gasteiger partial charge in [0.2, 0.25) is 0 Å². The number of benzene rings is 1. The largest absolute Gasteiger partial charge is 0.461 e. The normalized spacial score (nSPS) is 39.0. The van der Waals surface area contributed by atoms with Crippen LogP contribution in [0.1, 0.15) is 106 Å². The van der Waals surface area contributed by atoms with Gasteiger partial charge in [-0.3, -0.25) is 33.6 Å². The molecule has 0 amide bonds. The van der Waals surface area contributed by atoms with Crippen LogP contribution in [0.15, 0.2) is 30.3 Å². The van der Waals surface area contributed by atoms with Crippen molar-refractivity contribution in [1.82, 2.24) is 0 Å². The summed E-state index contributed by atoms with van der Waals surface area (Å²) < 4.78 is 50.5. The first kappa shape index (κ1) is 44.7. The van der Waals surface area contributed by atoms with Gasteiger partial charge in [-0.05, 0) is 45.7 Å². The average molecular weight is 841 g/mol. The first-order valence-electron chi connectivity index (χ1n) is 20.5. The number of esters is 7. The molecule has 1 aliphatic heterocycles. The smallest absolute Gasteiger partial charge is 0.338 e. The lowest BCUT2D eigenvalue weighted by atomic mass is 9.42. The molecule has 1 aromatic carbocycles. The summed E-state index contributed by atoms with van der Waals surface area (Å²) in [6, 6.07) is 7.95. The molecule has 6 rings (SSSR count). The van der Waals surface area contributed by atoms with Crippen molar-refractivity contribution in [2.75, 3.05) is 6.61 Å². The van der Waals surface area contributed by atoms with Gasteiger partial charge in [-0.25, -0.2) is 4.79 Å². The van der Waals surface area contributed by atoms with Crippen molar-refractivity contribution < 1.29 is 76.3 Å². The molecule has 328 valence electrons. The molecule has 1 unspecified atom stereocenters. The van der Waals surface area contributed by atoms with Crippen LogP contribution >= 0.6 is 0 Å². The van der Waals surface area contributed by atoms with Gasteiger partial charge < -0.3 is 37.9 Å². The van der Waals surface area contributed by atoms with Crippen molar-refractivity contribution in [2.45, 2.75) is 142 Å². The van der Waals surface area contributed by atoms with Gasteiger partial charge >= 0.3 is 41.8 Å². The van der Waals surface area contributed by atoms with E-state index in [0.29, 0.717) is 6.42 Å². The summed E-state index contributed by atoms with van der Waals surface area (Å²) in [6.45, 7) is 15.3. The van der Waals surface area contributed by atoms with Gasteiger partial charge in [-0.1, -0.05) is 45.9 Å². The monoisotopic (exact) mass is 840 g/mol.